The van der Waals surface area contributed by atoms with Crippen molar-refractivity contribution in [1.82, 2.24) is 9.97 Å². The van der Waals surface area contributed by atoms with Gasteiger partial charge in [-0.2, -0.15) is 0 Å². The van der Waals surface area contributed by atoms with Crippen molar-refractivity contribution in [3.63, 3.8) is 0 Å². The highest BCUT2D eigenvalue weighted by atomic mass is 16.1. The largest absolute Gasteiger partial charge is 0.366 e. The summed E-state index contributed by atoms with van der Waals surface area (Å²) in [5.41, 5.74) is 8.96. The van der Waals surface area contributed by atoms with Gasteiger partial charge in [0, 0.05) is 17.8 Å². The standard InChI is InChI=1S/C12H11N3O/c13-11(16)8-4-10-9-3-1-2-7(9)5-14-12(10)15-6-8/h4-6H,1-3H2,(H2,13,16). The number of pyridine rings is 2. The zero-order valence-corrected chi connectivity index (χ0v) is 8.73. The van der Waals surface area contributed by atoms with Crippen molar-refractivity contribution in [3.05, 3.63) is 35.2 Å². The number of carbonyl (C=O) groups is 1. The van der Waals surface area contributed by atoms with Crippen LogP contribution >= 0.6 is 0 Å². The number of carbonyl (C=O) groups excluding carboxylic acids is 1. The summed E-state index contributed by atoms with van der Waals surface area (Å²) in [6.45, 7) is 0. The summed E-state index contributed by atoms with van der Waals surface area (Å²) >= 11 is 0. The minimum absolute atomic E-state index is 0.440. The fourth-order valence-electron chi connectivity index (χ4n) is 2.27. The molecule has 0 aromatic carbocycles. The molecule has 1 amide bonds. The van der Waals surface area contributed by atoms with E-state index < -0.39 is 5.91 Å². The molecule has 1 aliphatic rings. The van der Waals surface area contributed by atoms with Crippen LogP contribution in [0.4, 0.5) is 0 Å². The number of rotatable bonds is 1. The zero-order chi connectivity index (χ0) is 11.1. The molecule has 2 aromatic heterocycles. The summed E-state index contributed by atoms with van der Waals surface area (Å²) in [5.74, 6) is -0.440. The van der Waals surface area contributed by atoms with Crippen molar-refractivity contribution in [2.24, 2.45) is 5.73 Å². The highest BCUT2D eigenvalue weighted by molar-refractivity contribution is 5.96. The van der Waals surface area contributed by atoms with Crippen LogP contribution in [0.15, 0.2) is 18.5 Å². The molecular weight excluding hydrogens is 202 g/mol. The first-order chi connectivity index (χ1) is 7.75. The molecule has 0 radical (unpaired) electrons. The van der Waals surface area contributed by atoms with Crippen LogP contribution in [-0.4, -0.2) is 15.9 Å². The van der Waals surface area contributed by atoms with Crippen molar-refractivity contribution in [2.75, 3.05) is 0 Å². The first-order valence-corrected chi connectivity index (χ1v) is 5.32. The lowest BCUT2D eigenvalue weighted by Gasteiger charge is -2.04. The first-order valence-electron chi connectivity index (χ1n) is 5.32. The second-order valence-corrected chi connectivity index (χ2v) is 4.07. The van der Waals surface area contributed by atoms with E-state index >= 15 is 0 Å². The van der Waals surface area contributed by atoms with Gasteiger partial charge >= 0.3 is 0 Å². The summed E-state index contributed by atoms with van der Waals surface area (Å²) < 4.78 is 0. The van der Waals surface area contributed by atoms with Gasteiger partial charge in [-0.15, -0.1) is 0 Å². The molecule has 2 N–H and O–H groups in total. The van der Waals surface area contributed by atoms with Crippen molar-refractivity contribution in [1.29, 1.82) is 0 Å². The highest BCUT2D eigenvalue weighted by Crippen LogP contribution is 2.27. The second kappa shape index (κ2) is 3.27. The molecule has 0 bridgehead atoms. The molecular formula is C12H11N3O. The first kappa shape index (κ1) is 9.27. The van der Waals surface area contributed by atoms with Crippen LogP contribution in [0.2, 0.25) is 0 Å². The Bertz CT molecular complexity index is 592. The third kappa shape index (κ3) is 1.26. The normalized spacial score (nSPS) is 14.0. The molecule has 0 fully saturated rings. The maximum Gasteiger partial charge on any atom is 0.250 e. The fraction of sp³-hybridized carbons (Fsp3) is 0.250. The maximum absolute atomic E-state index is 11.1. The summed E-state index contributed by atoms with van der Waals surface area (Å²) in [6.07, 6.45) is 6.63. The molecule has 0 saturated carbocycles. The van der Waals surface area contributed by atoms with Crippen LogP contribution in [0, 0.1) is 0 Å². The van der Waals surface area contributed by atoms with Gasteiger partial charge < -0.3 is 5.73 Å². The Morgan fingerprint density at radius 3 is 2.88 bits per heavy atom. The van der Waals surface area contributed by atoms with Crippen LogP contribution < -0.4 is 5.73 Å². The number of nitrogens with zero attached hydrogens (tertiary/aromatic N) is 2. The Hall–Kier alpha value is -1.97. The maximum atomic E-state index is 11.1. The lowest BCUT2D eigenvalue weighted by molar-refractivity contribution is 0.1000. The van der Waals surface area contributed by atoms with E-state index in [0.29, 0.717) is 11.2 Å². The summed E-state index contributed by atoms with van der Waals surface area (Å²) in [5, 5.41) is 0.978. The Balaban J connectivity index is 2.32. The molecule has 0 atom stereocenters. The predicted octanol–water partition coefficient (Wildman–Crippen LogP) is 1.22. The quantitative estimate of drug-likeness (QED) is 0.774. The number of primary amides is 1. The van der Waals surface area contributed by atoms with Gasteiger partial charge in [-0.3, -0.25) is 4.79 Å². The third-order valence-electron chi connectivity index (χ3n) is 3.08. The van der Waals surface area contributed by atoms with Gasteiger partial charge in [0.1, 0.15) is 0 Å². The molecule has 80 valence electrons. The number of aryl methyl sites for hydroxylation is 2. The Kier molecular flexibility index (Phi) is 1.89. The van der Waals surface area contributed by atoms with Crippen LogP contribution in [0.5, 0.6) is 0 Å². The van der Waals surface area contributed by atoms with Gasteiger partial charge in [-0.05, 0) is 36.5 Å². The van der Waals surface area contributed by atoms with Crippen LogP contribution in [0.3, 0.4) is 0 Å². The fourth-order valence-corrected chi connectivity index (χ4v) is 2.27. The van der Waals surface area contributed by atoms with Crippen molar-refractivity contribution in [2.45, 2.75) is 19.3 Å². The van der Waals surface area contributed by atoms with Crippen molar-refractivity contribution < 1.29 is 4.79 Å². The van der Waals surface area contributed by atoms with E-state index in [-0.39, 0.29) is 0 Å². The molecule has 1 aliphatic carbocycles. The van der Waals surface area contributed by atoms with E-state index in [1.165, 1.54) is 17.3 Å². The predicted molar refractivity (Wildman–Crippen MR) is 60.1 cm³/mol. The van der Waals surface area contributed by atoms with Gasteiger partial charge in [0.2, 0.25) is 5.91 Å². The number of amides is 1. The molecule has 2 heterocycles. The summed E-state index contributed by atoms with van der Waals surface area (Å²) in [4.78, 5) is 19.6. The molecule has 0 unspecified atom stereocenters. The smallest absolute Gasteiger partial charge is 0.250 e. The van der Waals surface area contributed by atoms with Gasteiger partial charge in [0.25, 0.3) is 0 Å². The molecule has 2 aromatic rings. The topological polar surface area (TPSA) is 68.9 Å². The lowest BCUT2D eigenvalue weighted by Crippen LogP contribution is -2.11. The van der Waals surface area contributed by atoms with Crippen LogP contribution in [0.25, 0.3) is 11.0 Å². The Morgan fingerprint density at radius 2 is 2.06 bits per heavy atom. The van der Waals surface area contributed by atoms with Crippen molar-refractivity contribution in [3.8, 4) is 0 Å². The monoisotopic (exact) mass is 213 g/mol. The van der Waals surface area contributed by atoms with E-state index in [0.717, 1.165) is 24.6 Å². The minimum Gasteiger partial charge on any atom is -0.366 e. The molecule has 16 heavy (non-hydrogen) atoms. The number of hydrogen-bond donors (Lipinski definition) is 1. The molecule has 0 spiro atoms. The third-order valence-corrected chi connectivity index (χ3v) is 3.08. The average Bonchev–Trinajstić information content (AvgIpc) is 2.76. The van der Waals surface area contributed by atoms with E-state index in [9.17, 15) is 4.79 Å². The lowest BCUT2D eigenvalue weighted by atomic mass is 10.1. The van der Waals surface area contributed by atoms with Crippen LogP contribution in [0.1, 0.15) is 27.9 Å². The van der Waals surface area contributed by atoms with Gasteiger partial charge in [-0.1, -0.05) is 0 Å². The highest BCUT2D eigenvalue weighted by Gasteiger charge is 2.16. The van der Waals surface area contributed by atoms with Crippen LogP contribution in [-0.2, 0) is 12.8 Å². The molecule has 3 rings (SSSR count). The Labute approximate surface area is 92.5 Å². The second-order valence-electron chi connectivity index (χ2n) is 4.07. The number of aromatic nitrogens is 2. The number of hydrogen-bond acceptors (Lipinski definition) is 3. The van der Waals surface area contributed by atoms with Gasteiger partial charge in [0.05, 0.1) is 5.56 Å². The van der Waals surface area contributed by atoms with Gasteiger partial charge in [-0.25, -0.2) is 9.97 Å². The molecule has 0 saturated heterocycles. The molecule has 0 aliphatic heterocycles. The minimum atomic E-state index is -0.440. The van der Waals surface area contributed by atoms with E-state index in [2.05, 4.69) is 9.97 Å². The Morgan fingerprint density at radius 1 is 1.25 bits per heavy atom. The number of fused-ring (bicyclic) bond motifs is 3. The zero-order valence-electron chi connectivity index (χ0n) is 8.73. The molecule has 4 heteroatoms. The SMILES string of the molecule is NC(=O)c1cnc2ncc3c(c2c1)CCC3. The van der Waals surface area contributed by atoms with E-state index in [1.807, 2.05) is 12.3 Å². The summed E-state index contributed by atoms with van der Waals surface area (Å²) in [7, 11) is 0. The summed E-state index contributed by atoms with van der Waals surface area (Å²) in [6, 6.07) is 1.81. The molecule has 4 nitrogen and oxygen atoms in total. The average molecular weight is 213 g/mol. The van der Waals surface area contributed by atoms with Gasteiger partial charge in [0.15, 0.2) is 5.65 Å². The number of nitrogens with two attached hydrogens (primary N) is 1. The van der Waals surface area contributed by atoms with E-state index in [4.69, 9.17) is 5.73 Å². The van der Waals surface area contributed by atoms with Crippen molar-refractivity contribution >= 4 is 16.9 Å². The van der Waals surface area contributed by atoms with E-state index in [1.54, 1.807) is 0 Å².